The number of thioether (sulfide) groups is 1. The number of carbonyl (C=O) groups excluding carboxylic acids is 1. The summed E-state index contributed by atoms with van der Waals surface area (Å²) in [6, 6.07) is 16.4. The van der Waals surface area contributed by atoms with Crippen molar-refractivity contribution in [1.29, 1.82) is 0 Å². The summed E-state index contributed by atoms with van der Waals surface area (Å²) in [5.41, 5.74) is 2.36. The Bertz CT molecular complexity index is 841. The van der Waals surface area contributed by atoms with Crippen LogP contribution in [-0.2, 0) is 4.79 Å². The van der Waals surface area contributed by atoms with Crippen molar-refractivity contribution in [2.24, 2.45) is 0 Å². The van der Waals surface area contributed by atoms with E-state index in [4.69, 9.17) is 11.6 Å². The third-order valence-corrected chi connectivity index (χ3v) is 6.73. The second-order valence-electron chi connectivity index (χ2n) is 7.40. The molecule has 1 N–H and O–H groups in total. The van der Waals surface area contributed by atoms with Gasteiger partial charge < -0.3 is 15.1 Å². The first-order chi connectivity index (χ1) is 14.2. The number of fused-ring (bicyclic) bond motifs is 1. The molecule has 0 atom stereocenters. The van der Waals surface area contributed by atoms with Gasteiger partial charge in [0.25, 0.3) is 0 Å². The molecule has 2 aromatic rings. The van der Waals surface area contributed by atoms with Crippen molar-refractivity contribution >= 4 is 40.6 Å². The maximum absolute atomic E-state index is 12.4. The molecule has 0 aliphatic carbocycles. The Hall–Kier alpha value is -1.89. The van der Waals surface area contributed by atoms with E-state index in [1.807, 2.05) is 36.0 Å². The Morgan fingerprint density at radius 3 is 2.69 bits per heavy atom. The summed E-state index contributed by atoms with van der Waals surface area (Å²) in [5.74, 6) is 1.13. The summed E-state index contributed by atoms with van der Waals surface area (Å²) in [6.07, 6.45) is 0. The Morgan fingerprint density at radius 1 is 1.03 bits per heavy atom. The maximum Gasteiger partial charge on any atom is 0.239 e. The lowest BCUT2D eigenvalue weighted by Gasteiger charge is -2.36. The van der Waals surface area contributed by atoms with Crippen LogP contribution in [0.15, 0.2) is 53.4 Å². The number of benzene rings is 2. The van der Waals surface area contributed by atoms with Gasteiger partial charge in [0.1, 0.15) is 0 Å². The van der Waals surface area contributed by atoms with Crippen LogP contribution in [-0.4, -0.2) is 68.9 Å². The van der Waals surface area contributed by atoms with Crippen molar-refractivity contribution in [3.8, 4) is 0 Å². The first kappa shape index (κ1) is 20.4. The van der Waals surface area contributed by atoms with Crippen LogP contribution in [0.4, 0.5) is 11.4 Å². The van der Waals surface area contributed by atoms with Gasteiger partial charge in [-0.15, -0.1) is 11.8 Å². The van der Waals surface area contributed by atoms with E-state index in [0.717, 1.165) is 50.0 Å². The molecule has 0 bridgehead atoms. The third-order valence-electron chi connectivity index (χ3n) is 5.46. The molecule has 0 unspecified atom stereocenters. The molecular formula is C22H27ClN4OS. The van der Waals surface area contributed by atoms with Crippen molar-refractivity contribution < 1.29 is 4.79 Å². The molecular weight excluding hydrogens is 404 g/mol. The fourth-order valence-corrected chi connectivity index (χ4v) is 5.11. The van der Waals surface area contributed by atoms with Gasteiger partial charge in [-0.25, -0.2) is 0 Å². The number of amides is 1. The lowest BCUT2D eigenvalue weighted by molar-refractivity contribution is -0.119. The standard InChI is InChI=1S/C22H27ClN4OS/c23-18-4-3-5-19(16-18)26-12-10-25(11-13-26)9-8-24-22(28)17-27-14-15-29-21-7-2-1-6-20(21)27/h1-7,16H,8-15,17H2,(H,24,28). The molecule has 7 heteroatoms. The van der Waals surface area contributed by atoms with Crippen LogP contribution in [0.2, 0.25) is 5.02 Å². The fourth-order valence-electron chi connectivity index (χ4n) is 3.88. The van der Waals surface area contributed by atoms with Gasteiger partial charge in [0.2, 0.25) is 5.91 Å². The van der Waals surface area contributed by atoms with Crippen LogP contribution in [0, 0.1) is 0 Å². The highest BCUT2D eigenvalue weighted by Gasteiger charge is 2.20. The average Bonchev–Trinajstić information content (AvgIpc) is 2.74. The lowest BCUT2D eigenvalue weighted by Crippen LogP contribution is -2.49. The molecule has 4 rings (SSSR count). The number of nitrogens with one attached hydrogen (secondary N) is 1. The zero-order valence-electron chi connectivity index (χ0n) is 16.5. The van der Waals surface area contributed by atoms with Crippen molar-refractivity contribution in [1.82, 2.24) is 10.2 Å². The van der Waals surface area contributed by atoms with Crippen LogP contribution in [0.25, 0.3) is 0 Å². The molecule has 154 valence electrons. The smallest absolute Gasteiger partial charge is 0.239 e. The number of hydrogen-bond acceptors (Lipinski definition) is 5. The molecule has 1 saturated heterocycles. The fraction of sp³-hybridized carbons (Fsp3) is 0.409. The number of halogens is 1. The van der Waals surface area contributed by atoms with Crippen LogP contribution in [0.1, 0.15) is 0 Å². The monoisotopic (exact) mass is 430 g/mol. The zero-order chi connectivity index (χ0) is 20.1. The highest BCUT2D eigenvalue weighted by Crippen LogP contribution is 2.33. The molecule has 2 aromatic carbocycles. The molecule has 2 aliphatic rings. The predicted octanol–water partition coefficient (Wildman–Crippen LogP) is 3.19. The summed E-state index contributed by atoms with van der Waals surface area (Å²) < 4.78 is 0. The number of rotatable bonds is 6. The normalized spacial score (nSPS) is 17.1. The average molecular weight is 431 g/mol. The topological polar surface area (TPSA) is 38.8 Å². The van der Waals surface area contributed by atoms with Crippen molar-refractivity contribution in [2.45, 2.75) is 4.90 Å². The number of para-hydroxylation sites is 1. The highest BCUT2D eigenvalue weighted by molar-refractivity contribution is 7.99. The summed E-state index contributed by atoms with van der Waals surface area (Å²) >= 11 is 7.97. The van der Waals surface area contributed by atoms with E-state index in [1.165, 1.54) is 16.3 Å². The molecule has 1 fully saturated rings. The van der Waals surface area contributed by atoms with Gasteiger partial charge >= 0.3 is 0 Å². The minimum absolute atomic E-state index is 0.101. The second-order valence-corrected chi connectivity index (χ2v) is 8.97. The van der Waals surface area contributed by atoms with E-state index < -0.39 is 0 Å². The zero-order valence-corrected chi connectivity index (χ0v) is 18.1. The number of piperazine rings is 1. The summed E-state index contributed by atoms with van der Waals surface area (Å²) in [4.78, 5) is 20.7. The largest absolute Gasteiger partial charge is 0.369 e. The minimum atomic E-state index is 0.101. The maximum atomic E-state index is 12.4. The van der Waals surface area contributed by atoms with E-state index >= 15 is 0 Å². The summed E-state index contributed by atoms with van der Waals surface area (Å²) in [7, 11) is 0. The molecule has 0 aromatic heterocycles. The van der Waals surface area contributed by atoms with Gasteiger partial charge in [0.05, 0.1) is 12.2 Å². The van der Waals surface area contributed by atoms with Crippen LogP contribution in [0.3, 0.4) is 0 Å². The Kier molecular flexibility index (Phi) is 6.85. The molecule has 0 saturated carbocycles. The first-order valence-corrected chi connectivity index (χ1v) is 11.5. The van der Waals surface area contributed by atoms with Gasteiger partial charge in [-0.1, -0.05) is 29.8 Å². The van der Waals surface area contributed by atoms with Crippen LogP contribution < -0.4 is 15.1 Å². The summed E-state index contributed by atoms with van der Waals surface area (Å²) in [6.45, 7) is 6.90. The van der Waals surface area contributed by atoms with E-state index in [0.29, 0.717) is 13.1 Å². The molecule has 29 heavy (non-hydrogen) atoms. The molecule has 0 spiro atoms. The number of anilines is 2. The van der Waals surface area contributed by atoms with Gasteiger partial charge in [-0.3, -0.25) is 9.69 Å². The molecule has 0 radical (unpaired) electrons. The second kappa shape index (κ2) is 9.74. The van der Waals surface area contributed by atoms with E-state index in [2.05, 4.69) is 44.3 Å². The number of nitrogens with zero attached hydrogens (tertiary/aromatic N) is 3. The Morgan fingerprint density at radius 2 is 1.86 bits per heavy atom. The van der Waals surface area contributed by atoms with Gasteiger partial charge in [-0.05, 0) is 30.3 Å². The van der Waals surface area contributed by atoms with Crippen molar-refractivity contribution in [2.75, 3.05) is 67.9 Å². The third kappa shape index (κ3) is 5.38. The SMILES string of the molecule is O=C(CN1CCSc2ccccc21)NCCN1CCN(c2cccc(Cl)c2)CC1. The predicted molar refractivity (Wildman–Crippen MR) is 122 cm³/mol. The molecule has 2 heterocycles. The van der Waals surface area contributed by atoms with Crippen LogP contribution in [0.5, 0.6) is 0 Å². The Labute approximate surface area is 182 Å². The van der Waals surface area contributed by atoms with E-state index in [1.54, 1.807) is 0 Å². The van der Waals surface area contributed by atoms with Gasteiger partial charge in [-0.2, -0.15) is 0 Å². The van der Waals surface area contributed by atoms with Crippen molar-refractivity contribution in [3.63, 3.8) is 0 Å². The number of carbonyl (C=O) groups is 1. The van der Waals surface area contributed by atoms with Crippen LogP contribution >= 0.6 is 23.4 Å². The lowest BCUT2D eigenvalue weighted by atomic mass is 10.2. The van der Waals surface area contributed by atoms with E-state index in [9.17, 15) is 4.79 Å². The van der Waals surface area contributed by atoms with Crippen molar-refractivity contribution in [3.05, 3.63) is 53.6 Å². The molecule has 1 amide bonds. The molecule has 5 nitrogen and oxygen atoms in total. The first-order valence-electron chi connectivity index (χ1n) is 10.2. The Balaban J connectivity index is 1.18. The number of hydrogen-bond donors (Lipinski definition) is 1. The highest BCUT2D eigenvalue weighted by atomic mass is 35.5. The summed E-state index contributed by atoms with van der Waals surface area (Å²) in [5, 5.41) is 3.88. The molecule has 2 aliphatic heterocycles. The van der Waals surface area contributed by atoms with Gasteiger partial charge in [0.15, 0.2) is 0 Å². The minimum Gasteiger partial charge on any atom is -0.369 e. The van der Waals surface area contributed by atoms with Gasteiger partial charge in [0, 0.05) is 67.2 Å². The quantitative estimate of drug-likeness (QED) is 0.762. The van der Waals surface area contributed by atoms with E-state index in [-0.39, 0.29) is 5.91 Å².